The van der Waals surface area contributed by atoms with Gasteiger partial charge in [0.15, 0.2) is 9.84 Å². The highest BCUT2D eigenvalue weighted by Crippen LogP contribution is 2.33. The molecular weight excluding hydrogens is 513 g/mol. The largest absolute Gasteiger partial charge is 0.416 e. The second-order valence-electron chi connectivity index (χ2n) is 9.23. The molecule has 0 aliphatic carbocycles. The number of hydrogen-bond donors (Lipinski definition) is 0. The average Bonchev–Trinajstić information content (AvgIpc) is 3.19. The summed E-state index contributed by atoms with van der Waals surface area (Å²) in [6.07, 6.45) is -3.25. The zero-order valence-electron chi connectivity index (χ0n) is 21.2. The number of carbonyl (C=O) groups is 1. The zero-order chi connectivity index (χ0) is 27.7. The van der Waals surface area contributed by atoms with Gasteiger partial charge in [-0.1, -0.05) is 42.5 Å². The van der Waals surface area contributed by atoms with Crippen LogP contribution in [0.1, 0.15) is 22.4 Å². The van der Waals surface area contributed by atoms with Gasteiger partial charge in [0.05, 0.1) is 22.6 Å². The van der Waals surface area contributed by atoms with Gasteiger partial charge in [-0.15, -0.1) is 0 Å². The van der Waals surface area contributed by atoms with E-state index in [1.54, 1.807) is 28.6 Å². The second-order valence-corrected chi connectivity index (χ2v) is 11.2. The molecule has 1 amide bonds. The van der Waals surface area contributed by atoms with Gasteiger partial charge in [-0.2, -0.15) is 13.2 Å². The van der Waals surface area contributed by atoms with Crippen molar-refractivity contribution in [3.8, 4) is 16.9 Å². The van der Waals surface area contributed by atoms with E-state index >= 15 is 0 Å². The highest BCUT2D eigenvalue weighted by molar-refractivity contribution is 7.90. The molecule has 0 aliphatic rings. The number of rotatable bonds is 7. The number of likely N-dealkylation sites (N-methyl/N-ethyl adjacent to an activating group) is 1. The third-order valence-electron chi connectivity index (χ3n) is 6.41. The molecule has 198 valence electrons. The number of benzene rings is 3. The van der Waals surface area contributed by atoms with Crippen molar-refractivity contribution < 1.29 is 26.4 Å². The molecule has 0 saturated heterocycles. The molecule has 0 N–H and O–H groups in total. The molecule has 0 atom stereocenters. The summed E-state index contributed by atoms with van der Waals surface area (Å²) in [5, 5.41) is 0. The summed E-state index contributed by atoms with van der Waals surface area (Å²) >= 11 is 0. The van der Waals surface area contributed by atoms with E-state index < -0.39 is 21.6 Å². The molecule has 0 radical (unpaired) electrons. The molecule has 3 aromatic carbocycles. The minimum atomic E-state index is -4.46. The smallest absolute Gasteiger partial charge is 0.341 e. The fourth-order valence-corrected chi connectivity index (χ4v) is 4.93. The van der Waals surface area contributed by atoms with Crippen molar-refractivity contribution in [3.05, 3.63) is 107 Å². The zero-order valence-corrected chi connectivity index (χ0v) is 22.0. The van der Waals surface area contributed by atoms with Gasteiger partial charge in [0.25, 0.3) is 0 Å². The van der Waals surface area contributed by atoms with Gasteiger partial charge < -0.3 is 9.47 Å². The molecule has 0 spiro atoms. The van der Waals surface area contributed by atoms with E-state index in [-0.39, 0.29) is 17.2 Å². The van der Waals surface area contributed by atoms with Crippen molar-refractivity contribution in [2.75, 3.05) is 13.3 Å². The van der Waals surface area contributed by atoms with E-state index in [1.165, 1.54) is 24.3 Å². The molecule has 1 aromatic heterocycles. The highest BCUT2D eigenvalue weighted by atomic mass is 32.2. The van der Waals surface area contributed by atoms with Crippen LogP contribution >= 0.6 is 0 Å². The summed E-state index contributed by atoms with van der Waals surface area (Å²) in [6.45, 7) is 2.25. The molecule has 0 saturated carbocycles. The first-order chi connectivity index (χ1) is 17.8. The fraction of sp³-hybridized carbons (Fsp3) is 0.207. The van der Waals surface area contributed by atoms with Crippen LogP contribution in [0.2, 0.25) is 0 Å². The van der Waals surface area contributed by atoms with E-state index in [0.717, 1.165) is 29.5 Å². The van der Waals surface area contributed by atoms with Crippen LogP contribution in [0.5, 0.6) is 0 Å². The Kier molecular flexibility index (Phi) is 7.51. The van der Waals surface area contributed by atoms with E-state index in [0.29, 0.717) is 29.2 Å². The second kappa shape index (κ2) is 10.5. The maximum atomic E-state index is 13.2. The molecule has 0 fully saturated rings. The fourth-order valence-electron chi connectivity index (χ4n) is 4.30. The first-order valence-electron chi connectivity index (χ1n) is 11.8. The van der Waals surface area contributed by atoms with Gasteiger partial charge in [0.2, 0.25) is 5.91 Å². The van der Waals surface area contributed by atoms with Gasteiger partial charge in [-0.25, -0.2) is 8.42 Å². The number of sulfone groups is 1. The number of carbonyl (C=O) groups excluding carboxylic acids is 1. The normalized spacial score (nSPS) is 11.9. The maximum absolute atomic E-state index is 13.2. The van der Waals surface area contributed by atoms with Crippen LogP contribution < -0.4 is 0 Å². The van der Waals surface area contributed by atoms with Crippen LogP contribution in [0.25, 0.3) is 16.9 Å². The Hall–Kier alpha value is -3.85. The van der Waals surface area contributed by atoms with Crippen LogP contribution in [-0.4, -0.2) is 37.1 Å². The van der Waals surface area contributed by atoms with Crippen LogP contribution in [0, 0.1) is 6.92 Å². The van der Waals surface area contributed by atoms with Crippen LogP contribution in [0.15, 0.2) is 89.8 Å². The number of aromatic nitrogens is 1. The van der Waals surface area contributed by atoms with Gasteiger partial charge in [0.1, 0.15) is 0 Å². The minimum absolute atomic E-state index is 0.0945. The van der Waals surface area contributed by atoms with Gasteiger partial charge in [-0.3, -0.25) is 4.79 Å². The average molecular weight is 541 g/mol. The van der Waals surface area contributed by atoms with Crippen molar-refractivity contribution in [1.82, 2.24) is 9.47 Å². The first kappa shape index (κ1) is 27.2. The quantitative estimate of drug-likeness (QED) is 0.286. The number of alkyl halides is 3. The summed E-state index contributed by atoms with van der Waals surface area (Å²) < 4.78 is 65.1. The summed E-state index contributed by atoms with van der Waals surface area (Å²) in [4.78, 5) is 14.9. The first-order valence-corrected chi connectivity index (χ1v) is 13.7. The standard InChI is InChI=1S/C29H27F3N2O3S/c1-20-23(18-28(35)33(2)19-21-7-5-4-6-8-21)17-27(22-9-15-26(16-10-22)38(3,36)37)34(20)25-13-11-24(12-14-25)29(30,31)32/h4-17H,18-19H2,1-3H3. The van der Waals surface area contributed by atoms with Crippen molar-refractivity contribution in [2.45, 2.75) is 31.0 Å². The van der Waals surface area contributed by atoms with Gasteiger partial charge in [0, 0.05) is 31.2 Å². The molecule has 38 heavy (non-hydrogen) atoms. The Labute approximate surface area is 220 Å². The lowest BCUT2D eigenvalue weighted by molar-refractivity contribution is -0.137. The maximum Gasteiger partial charge on any atom is 0.416 e. The molecular formula is C29H27F3N2O3S. The number of halogens is 3. The molecule has 4 aromatic rings. The lowest BCUT2D eigenvalue weighted by Gasteiger charge is -2.17. The molecule has 0 bridgehead atoms. The lowest BCUT2D eigenvalue weighted by atomic mass is 10.1. The molecule has 1 heterocycles. The third-order valence-corrected chi connectivity index (χ3v) is 7.54. The predicted molar refractivity (Wildman–Crippen MR) is 141 cm³/mol. The number of amides is 1. The number of hydrogen-bond acceptors (Lipinski definition) is 3. The van der Waals surface area contributed by atoms with Crippen molar-refractivity contribution in [3.63, 3.8) is 0 Å². The molecule has 5 nitrogen and oxygen atoms in total. The summed E-state index contributed by atoms with van der Waals surface area (Å²) in [7, 11) is -1.68. The predicted octanol–water partition coefficient (Wildman–Crippen LogP) is 6.08. The summed E-state index contributed by atoms with van der Waals surface area (Å²) in [6, 6.07) is 22.5. The monoisotopic (exact) mass is 540 g/mol. The number of nitrogens with zero attached hydrogens (tertiary/aromatic N) is 2. The SMILES string of the molecule is Cc1c(CC(=O)N(C)Cc2ccccc2)cc(-c2ccc(S(C)(=O)=O)cc2)n1-c1ccc(C(F)(F)F)cc1. The summed E-state index contributed by atoms with van der Waals surface area (Å²) in [5.41, 5.74) is 3.45. The molecule has 9 heteroatoms. The topological polar surface area (TPSA) is 59.4 Å². The van der Waals surface area contributed by atoms with E-state index in [4.69, 9.17) is 0 Å². The van der Waals surface area contributed by atoms with Crippen LogP contribution in [0.4, 0.5) is 13.2 Å². The Bertz CT molecular complexity index is 1540. The van der Waals surface area contributed by atoms with Crippen molar-refractivity contribution in [1.29, 1.82) is 0 Å². The minimum Gasteiger partial charge on any atom is -0.341 e. The van der Waals surface area contributed by atoms with Gasteiger partial charge in [-0.05, 0) is 66.1 Å². The van der Waals surface area contributed by atoms with E-state index in [9.17, 15) is 26.4 Å². The molecule has 0 aliphatic heterocycles. The third kappa shape index (κ3) is 5.99. The van der Waals surface area contributed by atoms with E-state index in [2.05, 4.69) is 0 Å². The van der Waals surface area contributed by atoms with E-state index in [1.807, 2.05) is 43.3 Å². The Morgan fingerprint density at radius 2 is 1.53 bits per heavy atom. The highest BCUT2D eigenvalue weighted by Gasteiger charge is 2.30. The van der Waals surface area contributed by atoms with Crippen LogP contribution in [-0.2, 0) is 33.8 Å². The molecule has 4 rings (SSSR count). The Morgan fingerprint density at radius 3 is 2.08 bits per heavy atom. The molecule has 0 unspecified atom stereocenters. The van der Waals surface area contributed by atoms with Gasteiger partial charge >= 0.3 is 6.18 Å². The van der Waals surface area contributed by atoms with Crippen LogP contribution in [0.3, 0.4) is 0 Å². The van der Waals surface area contributed by atoms with Crippen molar-refractivity contribution in [2.24, 2.45) is 0 Å². The van der Waals surface area contributed by atoms with Crippen molar-refractivity contribution >= 4 is 15.7 Å². The Morgan fingerprint density at radius 1 is 0.921 bits per heavy atom. The Balaban J connectivity index is 1.73. The lowest BCUT2D eigenvalue weighted by Crippen LogP contribution is -2.27. The summed E-state index contributed by atoms with van der Waals surface area (Å²) in [5.74, 6) is -0.111.